The van der Waals surface area contributed by atoms with Gasteiger partial charge >= 0.3 is 0 Å². The molecular weight excluding hydrogens is 340 g/mol. The van der Waals surface area contributed by atoms with Crippen LogP contribution in [0.4, 0.5) is 0 Å². The third-order valence-corrected chi connectivity index (χ3v) is 8.40. The minimum atomic E-state index is 0.448. The maximum absolute atomic E-state index is 6.34. The predicted molar refractivity (Wildman–Crippen MR) is 124 cm³/mol. The van der Waals surface area contributed by atoms with Crippen LogP contribution in [0.3, 0.4) is 0 Å². The van der Waals surface area contributed by atoms with Crippen molar-refractivity contribution in [3.8, 4) is 0 Å². The van der Waals surface area contributed by atoms with Gasteiger partial charge in [-0.15, -0.1) is 0 Å². The van der Waals surface area contributed by atoms with Crippen LogP contribution in [-0.2, 0) is 0 Å². The minimum absolute atomic E-state index is 0.448. The molecule has 2 nitrogen and oxygen atoms in total. The molecule has 0 aromatic rings. The van der Waals surface area contributed by atoms with Gasteiger partial charge in [0.1, 0.15) is 0 Å². The number of hydrogen-bond acceptors (Lipinski definition) is 2. The first-order chi connectivity index (χ1) is 13.5. The van der Waals surface area contributed by atoms with Crippen LogP contribution in [0.5, 0.6) is 0 Å². The molecule has 166 valence electrons. The van der Waals surface area contributed by atoms with Gasteiger partial charge in [0.05, 0.1) is 0 Å². The molecule has 2 saturated carbocycles. The van der Waals surface area contributed by atoms with Crippen molar-refractivity contribution in [2.45, 2.75) is 136 Å². The lowest BCUT2D eigenvalue weighted by molar-refractivity contribution is 0.0868. The van der Waals surface area contributed by atoms with Gasteiger partial charge in [0, 0.05) is 12.1 Å². The Balaban J connectivity index is 1.77. The van der Waals surface area contributed by atoms with Gasteiger partial charge in [-0.25, -0.2) is 0 Å². The number of unbranched alkanes of at least 4 members (excludes halogenated alkanes) is 8. The van der Waals surface area contributed by atoms with Crippen LogP contribution in [0.2, 0.25) is 0 Å². The van der Waals surface area contributed by atoms with Crippen molar-refractivity contribution in [3.63, 3.8) is 0 Å². The maximum atomic E-state index is 6.34. The standard InChI is InChI=1S/C26H52N2/c1-4-5-6-7-8-9-10-11-12-13-24(22-14-16-25(27)20(2)18-22)23-15-17-26(28)21(3)19-23/h20-26H,4-19,27-28H2,1-3H3. The van der Waals surface area contributed by atoms with Gasteiger partial charge in [-0.05, 0) is 74.5 Å². The van der Waals surface area contributed by atoms with Crippen LogP contribution in [0, 0.1) is 29.6 Å². The first-order valence-electron chi connectivity index (χ1n) is 13.0. The van der Waals surface area contributed by atoms with E-state index in [0.29, 0.717) is 23.9 Å². The van der Waals surface area contributed by atoms with E-state index in [4.69, 9.17) is 11.5 Å². The summed E-state index contributed by atoms with van der Waals surface area (Å²) in [6.07, 6.45) is 22.4. The first-order valence-corrected chi connectivity index (χ1v) is 13.0. The summed E-state index contributed by atoms with van der Waals surface area (Å²) in [5.41, 5.74) is 12.7. The SMILES string of the molecule is CCCCCCCCCCCC(C1CCC(N)C(C)C1)C1CCC(N)C(C)C1. The monoisotopic (exact) mass is 392 g/mol. The van der Waals surface area contributed by atoms with Crippen molar-refractivity contribution in [2.75, 3.05) is 0 Å². The molecule has 0 bridgehead atoms. The van der Waals surface area contributed by atoms with Crippen LogP contribution in [-0.4, -0.2) is 12.1 Å². The molecule has 6 unspecified atom stereocenters. The molecule has 0 aromatic carbocycles. The molecular formula is C26H52N2. The molecule has 0 amide bonds. The van der Waals surface area contributed by atoms with E-state index >= 15 is 0 Å². The fourth-order valence-corrected chi connectivity index (χ4v) is 6.25. The van der Waals surface area contributed by atoms with Gasteiger partial charge in [-0.1, -0.05) is 78.6 Å². The summed E-state index contributed by atoms with van der Waals surface area (Å²) < 4.78 is 0. The normalized spacial score (nSPS) is 35.0. The van der Waals surface area contributed by atoms with Crippen molar-refractivity contribution in [2.24, 2.45) is 41.1 Å². The zero-order valence-corrected chi connectivity index (χ0v) is 19.5. The summed E-state index contributed by atoms with van der Waals surface area (Å²) in [6.45, 7) is 7.09. The van der Waals surface area contributed by atoms with E-state index in [1.807, 2.05) is 0 Å². The van der Waals surface area contributed by atoms with Crippen LogP contribution in [0.1, 0.15) is 124 Å². The summed E-state index contributed by atoms with van der Waals surface area (Å²) >= 11 is 0. The highest BCUT2D eigenvalue weighted by atomic mass is 14.7. The summed E-state index contributed by atoms with van der Waals surface area (Å²) in [5, 5.41) is 0. The Morgan fingerprint density at radius 1 is 0.643 bits per heavy atom. The van der Waals surface area contributed by atoms with Crippen molar-refractivity contribution >= 4 is 0 Å². The molecule has 28 heavy (non-hydrogen) atoms. The lowest BCUT2D eigenvalue weighted by atomic mass is 9.63. The highest BCUT2D eigenvalue weighted by Gasteiger charge is 2.37. The Kier molecular flexibility index (Phi) is 11.5. The van der Waals surface area contributed by atoms with E-state index in [0.717, 1.165) is 17.8 Å². The molecule has 0 heterocycles. The second kappa shape index (κ2) is 13.3. The fourth-order valence-electron chi connectivity index (χ4n) is 6.25. The van der Waals surface area contributed by atoms with Gasteiger partial charge in [-0.2, -0.15) is 0 Å². The van der Waals surface area contributed by atoms with Crippen molar-refractivity contribution in [1.29, 1.82) is 0 Å². The van der Waals surface area contributed by atoms with Gasteiger partial charge in [0.2, 0.25) is 0 Å². The molecule has 2 heteroatoms. The second-order valence-electron chi connectivity index (χ2n) is 10.7. The molecule has 2 fully saturated rings. The van der Waals surface area contributed by atoms with Gasteiger partial charge in [0.25, 0.3) is 0 Å². The maximum Gasteiger partial charge on any atom is 0.00647 e. The number of nitrogens with two attached hydrogens (primary N) is 2. The van der Waals surface area contributed by atoms with Crippen LogP contribution < -0.4 is 11.5 Å². The first kappa shape index (κ1) is 24.2. The molecule has 0 saturated heterocycles. The summed E-state index contributed by atoms with van der Waals surface area (Å²) in [5.74, 6) is 4.22. The van der Waals surface area contributed by atoms with Gasteiger partial charge in [-0.3, -0.25) is 0 Å². The van der Waals surface area contributed by atoms with Crippen molar-refractivity contribution < 1.29 is 0 Å². The van der Waals surface area contributed by atoms with Crippen LogP contribution >= 0.6 is 0 Å². The van der Waals surface area contributed by atoms with Crippen molar-refractivity contribution in [3.05, 3.63) is 0 Å². The third-order valence-electron chi connectivity index (χ3n) is 8.40. The Hall–Kier alpha value is -0.0800. The average Bonchev–Trinajstić information content (AvgIpc) is 2.68. The number of hydrogen-bond donors (Lipinski definition) is 2. The van der Waals surface area contributed by atoms with E-state index in [1.165, 1.54) is 103 Å². The molecule has 0 aromatic heterocycles. The quantitative estimate of drug-likeness (QED) is 0.349. The Morgan fingerprint density at radius 3 is 1.50 bits per heavy atom. The van der Waals surface area contributed by atoms with Crippen LogP contribution in [0.15, 0.2) is 0 Å². The molecule has 4 N–H and O–H groups in total. The largest absolute Gasteiger partial charge is 0.327 e. The van der Waals surface area contributed by atoms with E-state index in [2.05, 4.69) is 20.8 Å². The zero-order valence-electron chi connectivity index (χ0n) is 19.5. The lowest BCUT2D eigenvalue weighted by Crippen LogP contribution is -2.41. The van der Waals surface area contributed by atoms with E-state index in [9.17, 15) is 0 Å². The molecule has 0 aliphatic heterocycles. The Labute approximate surface area is 177 Å². The van der Waals surface area contributed by atoms with Crippen molar-refractivity contribution in [1.82, 2.24) is 0 Å². The summed E-state index contributed by atoms with van der Waals surface area (Å²) in [4.78, 5) is 0. The predicted octanol–water partition coefficient (Wildman–Crippen LogP) is 7.05. The average molecular weight is 393 g/mol. The zero-order chi connectivity index (χ0) is 20.4. The smallest absolute Gasteiger partial charge is 0.00647 e. The fraction of sp³-hybridized carbons (Fsp3) is 1.00. The van der Waals surface area contributed by atoms with Gasteiger partial charge < -0.3 is 11.5 Å². The highest BCUT2D eigenvalue weighted by molar-refractivity contribution is 4.90. The molecule has 0 spiro atoms. The van der Waals surface area contributed by atoms with E-state index in [-0.39, 0.29) is 0 Å². The van der Waals surface area contributed by atoms with Crippen LogP contribution in [0.25, 0.3) is 0 Å². The number of rotatable bonds is 12. The minimum Gasteiger partial charge on any atom is -0.327 e. The topological polar surface area (TPSA) is 52.0 Å². The molecule has 0 radical (unpaired) electrons. The second-order valence-corrected chi connectivity index (χ2v) is 10.7. The third kappa shape index (κ3) is 7.98. The molecule has 2 aliphatic carbocycles. The highest BCUT2D eigenvalue weighted by Crippen LogP contribution is 2.44. The molecule has 2 rings (SSSR count). The lowest BCUT2D eigenvalue weighted by Gasteiger charge is -2.43. The molecule has 6 atom stereocenters. The van der Waals surface area contributed by atoms with E-state index < -0.39 is 0 Å². The Bertz CT molecular complexity index is 370. The summed E-state index contributed by atoms with van der Waals surface area (Å²) in [7, 11) is 0. The van der Waals surface area contributed by atoms with E-state index in [1.54, 1.807) is 0 Å². The molecule has 2 aliphatic rings. The summed E-state index contributed by atoms with van der Waals surface area (Å²) in [6, 6.07) is 0.895. The van der Waals surface area contributed by atoms with Gasteiger partial charge in [0.15, 0.2) is 0 Å². The Morgan fingerprint density at radius 2 is 1.07 bits per heavy atom.